The number of aromatic nitrogens is 1. The summed E-state index contributed by atoms with van der Waals surface area (Å²) in [6.45, 7) is 6.41. The zero-order chi connectivity index (χ0) is 18.9. The molecular weight excluding hydrogens is 374 g/mol. The van der Waals surface area contributed by atoms with Gasteiger partial charge in [0.1, 0.15) is 0 Å². The molecule has 2 aromatic rings. The highest BCUT2D eigenvalue weighted by Crippen LogP contribution is 2.31. The van der Waals surface area contributed by atoms with Crippen LogP contribution >= 0.6 is 23.1 Å². The van der Waals surface area contributed by atoms with Crippen molar-refractivity contribution in [2.45, 2.75) is 31.2 Å². The maximum atomic E-state index is 12.1. The van der Waals surface area contributed by atoms with Crippen LogP contribution in [0.4, 0.5) is 5.69 Å². The lowest BCUT2D eigenvalue weighted by Gasteiger charge is -2.10. The van der Waals surface area contributed by atoms with Gasteiger partial charge in [-0.05, 0) is 39.0 Å². The monoisotopic (exact) mass is 397 g/mol. The van der Waals surface area contributed by atoms with Crippen molar-refractivity contribution in [1.82, 2.24) is 4.98 Å². The van der Waals surface area contributed by atoms with E-state index in [0.717, 1.165) is 20.3 Å². The molecule has 0 saturated heterocycles. The molecule has 0 bridgehead atoms. The molecule has 0 aliphatic rings. The molecule has 1 unspecified atom stereocenters. The van der Waals surface area contributed by atoms with Gasteiger partial charge in [-0.25, -0.2) is 4.98 Å². The van der Waals surface area contributed by atoms with Gasteiger partial charge in [0.05, 0.1) is 35.1 Å². The van der Waals surface area contributed by atoms with Crippen molar-refractivity contribution in [2.75, 3.05) is 31.6 Å². The zero-order valence-electron chi connectivity index (χ0n) is 15.3. The van der Waals surface area contributed by atoms with E-state index in [1.165, 1.54) is 11.8 Å². The molecule has 2 rings (SSSR count). The van der Waals surface area contributed by atoms with E-state index in [2.05, 4.69) is 15.5 Å². The number of nitrogens with zero attached hydrogens (tertiary/aromatic N) is 2. The SMILES string of the molecule is COCCOCSc1nc2ccc(NC(=O)C(C)ON=C(C)C)cc2s1. The second-order valence-electron chi connectivity index (χ2n) is 5.60. The van der Waals surface area contributed by atoms with E-state index in [-0.39, 0.29) is 5.91 Å². The number of thiazole rings is 1. The van der Waals surface area contributed by atoms with Crippen LogP contribution in [0.25, 0.3) is 10.2 Å². The molecular formula is C17H23N3O4S2. The van der Waals surface area contributed by atoms with E-state index in [0.29, 0.717) is 24.8 Å². The van der Waals surface area contributed by atoms with Gasteiger partial charge in [0.2, 0.25) is 6.10 Å². The summed E-state index contributed by atoms with van der Waals surface area (Å²) in [6, 6.07) is 5.61. The van der Waals surface area contributed by atoms with Crippen LogP contribution < -0.4 is 5.32 Å². The number of methoxy groups -OCH3 is 1. The van der Waals surface area contributed by atoms with Crippen LogP contribution in [-0.2, 0) is 19.1 Å². The van der Waals surface area contributed by atoms with Crippen LogP contribution in [0.1, 0.15) is 20.8 Å². The lowest BCUT2D eigenvalue weighted by atomic mass is 10.3. The Hall–Kier alpha value is -1.68. The van der Waals surface area contributed by atoms with Gasteiger partial charge in [-0.3, -0.25) is 4.79 Å². The molecule has 0 aliphatic carbocycles. The van der Waals surface area contributed by atoms with Gasteiger partial charge < -0.3 is 19.6 Å². The van der Waals surface area contributed by atoms with Crippen molar-refractivity contribution in [3.05, 3.63) is 18.2 Å². The Labute approximate surface area is 161 Å². The summed E-state index contributed by atoms with van der Waals surface area (Å²) in [4.78, 5) is 21.8. The maximum Gasteiger partial charge on any atom is 0.267 e. The Morgan fingerprint density at radius 1 is 1.38 bits per heavy atom. The Balaban J connectivity index is 1.93. The largest absolute Gasteiger partial charge is 0.383 e. The lowest BCUT2D eigenvalue weighted by molar-refractivity contribution is -0.126. The van der Waals surface area contributed by atoms with Crippen LogP contribution in [0.3, 0.4) is 0 Å². The molecule has 1 N–H and O–H groups in total. The topological polar surface area (TPSA) is 82.0 Å². The number of oxime groups is 1. The quantitative estimate of drug-likeness (QED) is 0.216. The van der Waals surface area contributed by atoms with Gasteiger partial charge in [0.15, 0.2) is 4.34 Å². The minimum Gasteiger partial charge on any atom is -0.383 e. The normalized spacial score (nSPS) is 12.0. The van der Waals surface area contributed by atoms with Crippen LogP contribution in [0, 0.1) is 0 Å². The molecule has 0 aliphatic heterocycles. The number of hydrogen-bond acceptors (Lipinski definition) is 8. The van der Waals surface area contributed by atoms with Gasteiger partial charge in [-0.1, -0.05) is 16.9 Å². The van der Waals surface area contributed by atoms with Crippen molar-refractivity contribution < 1.29 is 19.1 Å². The fourth-order valence-corrected chi connectivity index (χ4v) is 3.66. The first-order valence-corrected chi connectivity index (χ1v) is 9.87. The van der Waals surface area contributed by atoms with E-state index in [4.69, 9.17) is 14.3 Å². The van der Waals surface area contributed by atoms with Crippen LogP contribution in [0.5, 0.6) is 0 Å². The molecule has 142 valence electrons. The number of carbonyl (C=O) groups excluding carboxylic acids is 1. The molecule has 1 aromatic heterocycles. The standard InChI is InChI=1S/C17H23N3O4S2/c1-11(2)20-24-12(3)16(21)18-13-5-6-14-15(9-13)26-17(19-14)25-10-23-8-7-22-4/h5-6,9,12H,7-8,10H2,1-4H3,(H,18,21). The summed E-state index contributed by atoms with van der Waals surface area (Å²) in [5.41, 5.74) is 2.35. The highest BCUT2D eigenvalue weighted by atomic mass is 32.2. The maximum absolute atomic E-state index is 12.1. The third-order valence-corrected chi connectivity index (χ3v) is 5.14. The minimum absolute atomic E-state index is 0.250. The van der Waals surface area contributed by atoms with Crippen LogP contribution in [0.2, 0.25) is 0 Å². The third kappa shape index (κ3) is 6.56. The number of fused-ring (bicyclic) bond motifs is 1. The van der Waals surface area contributed by atoms with Crippen LogP contribution in [0.15, 0.2) is 27.7 Å². The third-order valence-electron chi connectivity index (χ3n) is 3.10. The summed E-state index contributed by atoms with van der Waals surface area (Å²) < 4.78 is 12.3. The smallest absolute Gasteiger partial charge is 0.267 e. The Bertz CT molecular complexity index is 760. The summed E-state index contributed by atoms with van der Waals surface area (Å²) >= 11 is 3.10. The summed E-state index contributed by atoms with van der Waals surface area (Å²) in [5, 5.41) is 6.65. The number of amides is 1. The number of benzene rings is 1. The second-order valence-corrected chi connectivity index (χ2v) is 7.80. The highest BCUT2D eigenvalue weighted by molar-refractivity contribution is 8.01. The van der Waals surface area contributed by atoms with E-state index < -0.39 is 6.10 Å². The molecule has 1 atom stereocenters. The zero-order valence-corrected chi connectivity index (χ0v) is 16.9. The molecule has 1 aromatic carbocycles. The van der Waals surface area contributed by atoms with Crippen molar-refractivity contribution in [3.8, 4) is 0 Å². The van der Waals surface area contributed by atoms with Gasteiger partial charge in [-0.2, -0.15) is 0 Å². The first-order chi connectivity index (χ1) is 12.5. The molecule has 0 radical (unpaired) electrons. The predicted octanol–water partition coefficient (Wildman–Crippen LogP) is 3.75. The number of anilines is 1. The van der Waals surface area contributed by atoms with E-state index in [9.17, 15) is 4.79 Å². The van der Waals surface area contributed by atoms with Gasteiger partial charge in [-0.15, -0.1) is 11.3 Å². The lowest BCUT2D eigenvalue weighted by Crippen LogP contribution is -2.26. The van der Waals surface area contributed by atoms with E-state index >= 15 is 0 Å². The van der Waals surface area contributed by atoms with E-state index in [1.54, 1.807) is 39.2 Å². The van der Waals surface area contributed by atoms with Gasteiger partial charge in [0.25, 0.3) is 5.91 Å². The summed E-state index contributed by atoms with van der Waals surface area (Å²) in [6.07, 6.45) is -0.669. The predicted molar refractivity (Wildman–Crippen MR) is 106 cm³/mol. The fourth-order valence-electron chi connectivity index (χ4n) is 1.81. The fraction of sp³-hybridized carbons (Fsp3) is 0.471. The molecule has 0 spiro atoms. The number of thioether (sulfide) groups is 1. The molecule has 0 fully saturated rings. The summed E-state index contributed by atoms with van der Waals surface area (Å²) in [7, 11) is 1.64. The number of rotatable bonds is 10. The number of carbonyl (C=O) groups is 1. The minimum atomic E-state index is -0.669. The molecule has 1 heterocycles. The molecule has 1 amide bonds. The average Bonchev–Trinajstić information content (AvgIpc) is 3.01. The average molecular weight is 398 g/mol. The first-order valence-electron chi connectivity index (χ1n) is 8.07. The van der Waals surface area contributed by atoms with Crippen molar-refractivity contribution in [2.24, 2.45) is 5.16 Å². The molecule has 26 heavy (non-hydrogen) atoms. The van der Waals surface area contributed by atoms with Crippen molar-refractivity contribution >= 4 is 50.6 Å². The Morgan fingerprint density at radius 3 is 2.92 bits per heavy atom. The summed E-state index contributed by atoms with van der Waals surface area (Å²) in [5.74, 6) is 0.277. The number of nitrogens with one attached hydrogen (secondary N) is 1. The molecule has 0 saturated carbocycles. The van der Waals surface area contributed by atoms with Crippen molar-refractivity contribution in [1.29, 1.82) is 0 Å². The molecule has 7 nitrogen and oxygen atoms in total. The van der Waals surface area contributed by atoms with Crippen LogP contribution in [-0.4, -0.2) is 49.0 Å². The first kappa shape index (κ1) is 20.6. The Kier molecular flexibility index (Phi) is 8.30. The van der Waals surface area contributed by atoms with Gasteiger partial charge in [0, 0.05) is 12.8 Å². The number of hydrogen-bond donors (Lipinski definition) is 1. The Morgan fingerprint density at radius 2 is 2.19 bits per heavy atom. The number of ether oxygens (including phenoxy) is 2. The highest BCUT2D eigenvalue weighted by Gasteiger charge is 2.15. The van der Waals surface area contributed by atoms with E-state index in [1.807, 2.05) is 18.2 Å². The molecule has 9 heteroatoms. The second kappa shape index (κ2) is 10.5. The van der Waals surface area contributed by atoms with Crippen molar-refractivity contribution in [3.63, 3.8) is 0 Å². The van der Waals surface area contributed by atoms with Gasteiger partial charge >= 0.3 is 0 Å².